The van der Waals surface area contributed by atoms with Gasteiger partial charge >= 0.3 is 5.97 Å². The number of aromatic carboxylic acids is 1. The minimum Gasteiger partial charge on any atom is -0.485 e. The number of carboxylic acids is 1. The van der Waals surface area contributed by atoms with E-state index in [1.54, 1.807) is 18.5 Å². The lowest BCUT2D eigenvalue weighted by atomic mass is 10.2. The first-order valence-corrected chi connectivity index (χ1v) is 5.08. The number of carbonyl (C=O) groups is 1. The SMILES string of the molecule is O=C(O)c1cc(F)ccc1OCc1ncccn1. The molecule has 0 atom stereocenters. The van der Waals surface area contributed by atoms with E-state index in [9.17, 15) is 9.18 Å². The molecule has 0 saturated heterocycles. The zero-order chi connectivity index (χ0) is 13.0. The molecule has 0 aliphatic rings. The number of ether oxygens (including phenoxy) is 1. The number of rotatable bonds is 4. The van der Waals surface area contributed by atoms with Crippen LogP contribution in [0.2, 0.25) is 0 Å². The summed E-state index contributed by atoms with van der Waals surface area (Å²) in [6.45, 7) is 0.0206. The molecule has 18 heavy (non-hydrogen) atoms. The van der Waals surface area contributed by atoms with Crippen LogP contribution in [0.4, 0.5) is 4.39 Å². The summed E-state index contributed by atoms with van der Waals surface area (Å²) in [6.07, 6.45) is 3.10. The van der Waals surface area contributed by atoms with Crippen LogP contribution in [-0.4, -0.2) is 21.0 Å². The average molecular weight is 248 g/mol. The molecule has 92 valence electrons. The average Bonchev–Trinajstić information content (AvgIpc) is 2.38. The van der Waals surface area contributed by atoms with E-state index in [0.717, 1.165) is 12.1 Å². The molecular formula is C12H9FN2O3. The third-order valence-electron chi connectivity index (χ3n) is 2.15. The van der Waals surface area contributed by atoms with Gasteiger partial charge in [0, 0.05) is 12.4 Å². The summed E-state index contributed by atoms with van der Waals surface area (Å²) in [4.78, 5) is 18.8. The molecule has 0 fully saturated rings. The van der Waals surface area contributed by atoms with Gasteiger partial charge in [-0.3, -0.25) is 0 Å². The predicted octanol–water partition coefficient (Wildman–Crippen LogP) is 1.89. The van der Waals surface area contributed by atoms with E-state index >= 15 is 0 Å². The molecule has 2 aromatic rings. The van der Waals surface area contributed by atoms with Crippen LogP contribution < -0.4 is 4.74 Å². The third kappa shape index (κ3) is 2.79. The fourth-order valence-corrected chi connectivity index (χ4v) is 1.34. The van der Waals surface area contributed by atoms with Gasteiger partial charge in [0.2, 0.25) is 0 Å². The van der Waals surface area contributed by atoms with E-state index < -0.39 is 11.8 Å². The van der Waals surface area contributed by atoms with Gasteiger partial charge in [0.15, 0.2) is 5.82 Å². The lowest BCUT2D eigenvalue weighted by Crippen LogP contribution is -2.05. The van der Waals surface area contributed by atoms with E-state index in [-0.39, 0.29) is 17.9 Å². The highest BCUT2D eigenvalue weighted by atomic mass is 19.1. The van der Waals surface area contributed by atoms with Gasteiger partial charge in [-0.25, -0.2) is 19.2 Å². The summed E-state index contributed by atoms with van der Waals surface area (Å²) in [5.74, 6) is -1.39. The highest BCUT2D eigenvalue weighted by Crippen LogP contribution is 2.20. The first-order chi connectivity index (χ1) is 8.66. The minimum absolute atomic E-state index is 0.0206. The van der Waals surface area contributed by atoms with Gasteiger partial charge < -0.3 is 9.84 Å². The molecule has 0 aliphatic heterocycles. The molecule has 6 heteroatoms. The zero-order valence-electron chi connectivity index (χ0n) is 9.21. The fraction of sp³-hybridized carbons (Fsp3) is 0.0833. The molecule has 0 aliphatic carbocycles. The maximum Gasteiger partial charge on any atom is 0.339 e. The molecule has 1 aromatic carbocycles. The summed E-state index contributed by atoms with van der Waals surface area (Å²) in [5, 5.41) is 8.91. The topological polar surface area (TPSA) is 72.3 Å². The Morgan fingerprint density at radius 3 is 2.72 bits per heavy atom. The molecule has 0 saturated carbocycles. The quantitative estimate of drug-likeness (QED) is 0.894. The Bertz CT molecular complexity index is 561. The largest absolute Gasteiger partial charge is 0.485 e. The lowest BCUT2D eigenvalue weighted by molar-refractivity contribution is 0.0691. The minimum atomic E-state index is -1.25. The summed E-state index contributed by atoms with van der Waals surface area (Å²) < 4.78 is 18.2. The van der Waals surface area contributed by atoms with Crippen molar-refractivity contribution in [1.29, 1.82) is 0 Å². The number of nitrogens with zero attached hydrogens (tertiary/aromatic N) is 2. The van der Waals surface area contributed by atoms with Gasteiger partial charge in [-0.1, -0.05) is 0 Å². The molecule has 0 bridgehead atoms. The fourth-order valence-electron chi connectivity index (χ4n) is 1.34. The summed E-state index contributed by atoms with van der Waals surface area (Å²) >= 11 is 0. The molecule has 2 rings (SSSR count). The first kappa shape index (κ1) is 12.0. The van der Waals surface area contributed by atoms with E-state index in [0.29, 0.717) is 5.82 Å². The maximum absolute atomic E-state index is 12.9. The molecule has 0 unspecified atom stereocenters. The Labute approximate surface area is 102 Å². The second kappa shape index (κ2) is 5.22. The van der Waals surface area contributed by atoms with Gasteiger partial charge in [0.05, 0.1) is 0 Å². The molecular weight excluding hydrogens is 239 g/mol. The Kier molecular flexibility index (Phi) is 3.47. The van der Waals surface area contributed by atoms with Crippen molar-refractivity contribution < 1.29 is 19.0 Å². The number of hydrogen-bond acceptors (Lipinski definition) is 4. The van der Waals surface area contributed by atoms with Crippen LogP contribution in [0.15, 0.2) is 36.7 Å². The highest BCUT2D eigenvalue weighted by molar-refractivity contribution is 5.90. The molecule has 0 amide bonds. The summed E-state index contributed by atoms with van der Waals surface area (Å²) in [5.41, 5.74) is -0.231. The highest BCUT2D eigenvalue weighted by Gasteiger charge is 2.12. The second-order valence-electron chi connectivity index (χ2n) is 3.40. The summed E-state index contributed by atoms with van der Waals surface area (Å²) in [7, 11) is 0. The van der Waals surface area contributed by atoms with Crippen LogP contribution in [0.5, 0.6) is 5.75 Å². The van der Waals surface area contributed by atoms with Gasteiger partial charge in [-0.05, 0) is 24.3 Å². The van der Waals surface area contributed by atoms with E-state index in [1.165, 1.54) is 6.07 Å². The van der Waals surface area contributed by atoms with E-state index in [2.05, 4.69) is 9.97 Å². The molecule has 5 nitrogen and oxygen atoms in total. The van der Waals surface area contributed by atoms with Crippen LogP contribution >= 0.6 is 0 Å². The number of halogens is 1. The van der Waals surface area contributed by atoms with Crippen molar-refractivity contribution in [2.75, 3.05) is 0 Å². The van der Waals surface area contributed by atoms with Crippen LogP contribution in [0.25, 0.3) is 0 Å². The zero-order valence-corrected chi connectivity index (χ0v) is 9.21. The molecule has 0 radical (unpaired) electrons. The molecule has 0 spiro atoms. The monoisotopic (exact) mass is 248 g/mol. The molecule has 1 aromatic heterocycles. The Hall–Kier alpha value is -2.50. The van der Waals surface area contributed by atoms with Crippen molar-refractivity contribution in [3.8, 4) is 5.75 Å². The molecule has 1 N–H and O–H groups in total. The first-order valence-electron chi connectivity index (χ1n) is 5.08. The predicted molar refractivity (Wildman–Crippen MR) is 59.7 cm³/mol. The summed E-state index contributed by atoms with van der Waals surface area (Å²) in [6, 6.07) is 4.96. The van der Waals surface area contributed by atoms with Gasteiger partial charge in [-0.15, -0.1) is 0 Å². The smallest absolute Gasteiger partial charge is 0.339 e. The van der Waals surface area contributed by atoms with Gasteiger partial charge in [0.25, 0.3) is 0 Å². The van der Waals surface area contributed by atoms with Crippen molar-refractivity contribution in [3.05, 3.63) is 53.9 Å². The van der Waals surface area contributed by atoms with Crippen molar-refractivity contribution in [3.63, 3.8) is 0 Å². The second-order valence-corrected chi connectivity index (χ2v) is 3.40. The maximum atomic E-state index is 12.9. The van der Waals surface area contributed by atoms with Crippen molar-refractivity contribution in [1.82, 2.24) is 9.97 Å². The standard InChI is InChI=1S/C12H9FN2O3/c13-8-2-3-10(9(6-8)12(16)17)18-7-11-14-4-1-5-15-11/h1-6H,7H2,(H,16,17). The Morgan fingerprint density at radius 1 is 1.33 bits per heavy atom. The van der Waals surface area contributed by atoms with Crippen LogP contribution in [0, 0.1) is 5.82 Å². The number of hydrogen-bond donors (Lipinski definition) is 1. The normalized spacial score (nSPS) is 10.1. The van der Waals surface area contributed by atoms with Crippen LogP contribution in [0.3, 0.4) is 0 Å². The van der Waals surface area contributed by atoms with Crippen LogP contribution in [-0.2, 0) is 6.61 Å². The Morgan fingerprint density at radius 2 is 2.06 bits per heavy atom. The number of aromatic nitrogens is 2. The van der Waals surface area contributed by atoms with Crippen molar-refractivity contribution >= 4 is 5.97 Å². The van der Waals surface area contributed by atoms with Gasteiger partial charge in [0.1, 0.15) is 23.7 Å². The number of benzene rings is 1. The van der Waals surface area contributed by atoms with Gasteiger partial charge in [-0.2, -0.15) is 0 Å². The van der Waals surface area contributed by atoms with E-state index in [1.807, 2.05) is 0 Å². The third-order valence-corrected chi connectivity index (χ3v) is 2.15. The van der Waals surface area contributed by atoms with E-state index in [4.69, 9.17) is 9.84 Å². The van der Waals surface area contributed by atoms with Crippen molar-refractivity contribution in [2.45, 2.75) is 6.61 Å². The number of carboxylic acid groups (broad SMARTS) is 1. The lowest BCUT2D eigenvalue weighted by Gasteiger charge is -2.08. The van der Waals surface area contributed by atoms with Crippen molar-refractivity contribution in [2.24, 2.45) is 0 Å². The Balaban J connectivity index is 2.17. The van der Waals surface area contributed by atoms with Crippen LogP contribution in [0.1, 0.15) is 16.2 Å². The molecule has 1 heterocycles.